The van der Waals surface area contributed by atoms with Crippen LogP contribution in [-0.4, -0.2) is 4.98 Å². The predicted molar refractivity (Wildman–Crippen MR) is 70.4 cm³/mol. The Kier molecular flexibility index (Phi) is 2.71. The largest absolute Gasteiger partial charge is 0.466 e. The zero-order valence-electron chi connectivity index (χ0n) is 10.8. The summed E-state index contributed by atoms with van der Waals surface area (Å²) in [5.74, 6) is 2.18. The van der Waals surface area contributed by atoms with Crippen LogP contribution in [0.15, 0.2) is 28.8 Å². The van der Waals surface area contributed by atoms with E-state index in [0.717, 1.165) is 29.9 Å². The summed E-state index contributed by atoms with van der Waals surface area (Å²) in [6, 6.07) is 6.20. The molecule has 94 valence electrons. The third-order valence-corrected chi connectivity index (χ3v) is 3.87. The van der Waals surface area contributed by atoms with Crippen molar-refractivity contribution in [2.75, 3.05) is 0 Å². The third-order valence-electron chi connectivity index (χ3n) is 3.87. The Morgan fingerprint density at radius 3 is 3.00 bits per heavy atom. The molecular weight excluding hydrogens is 224 g/mol. The second-order valence-electron chi connectivity index (χ2n) is 5.09. The van der Waals surface area contributed by atoms with Crippen molar-refractivity contribution in [2.24, 2.45) is 5.73 Å². The standard InChI is InChI=1S/C15H18N2O/c1-9-8-13(10(2)18-9)14(16)12-6-5-11-4-3-7-17-15(11)12/h3-4,7-8,12,14H,5-6,16H2,1-2H3. The molecule has 0 saturated carbocycles. The molecule has 0 aromatic carbocycles. The van der Waals surface area contributed by atoms with Gasteiger partial charge < -0.3 is 10.2 Å². The van der Waals surface area contributed by atoms with Gasteiger partial charge in [-0.1, -0.05) is 6.07 Å². The molecule has 1 aliphatic carbocycles. The minimum Gasteiger partial charge on any atom is -0.466 e. The summed E-state index contributed by atoms with van der Waals surface area (Å²) in [5.41, 5.74) is 10.1. The molecule has 2 N–H and O–H groups in total. The number of hydrogen-bond acceptors (Lipinski definition) is 3. The van der Waals surface area contributed by atoms with Crippen molar-refractivity contribution in [2.45, 2.75) is 38.6 Å². The van der Waals surface area contributed by atoms with E-state index in [1.165, 1.54) is 11.3 Å². The number of rotatable bonds is 2. The molecule has 2 aromatic rings. The van der Waals surface area contributed by atoms with Crippen molar-refractivity contribution in [3.63, 3.8) is 0 Å². The Hall–Kier alpha value is -1.61. The van der Waals surface area contributed by atoms with Crippen molar-refractivity contribution in [1.82, 2.24) is 4.98 Å². The van der Waals surface area contributed by atoms with Gasteiger partial charge in [0.15, 0.2) is 0 Å². The molecule has 2 heterocycles. The first-order valence-electron chi connectivity index (χ1n) is 6.43. The van der Waals surface area contributed by atoms with Crippen LogP contribution in [0.5, 0.6) is 0 Å². The molecule has 2 unspecified atom stereocenters. The quantitative estimate of drug-likeness (QED) is 0.880. The number of aromatic nitrogens is 1. The lowest BCUT2D eigenvalue weighted by atomic mass is 9.91. The Balaban J connectivity index is 1.95. The fourth-order valence-corrected chi connectivity index (χ4v) is 2.99. The van der Waals surface area contributed by atoms with Crippen LogP contribution < -0.4 is 5.73 Å². The number of nitrogens with two attached hydrogens (primary N) is 1. The highest BCUT2D eigenvalue weighted by atomic mass is 16.3. The molecule has 2 aromatic heterocycles. The lowest BCUT2D eigenvalue weighted by Crippen LogP contribution is -2.19. The molecule has 18 heavy (non-hydrogen) atoms. The molecule has 0 spiro atoms. The molecule has 0 saturated heterocycles. The van der Waals surface area contributed by atoms with Gasteiger partial charge in [-0.3, -0.25) is 4.98 Å². The van der Waals surface area contributed by atoms with Gasteiger partial charge in [-0.15, -0.1) is 0 Å². The van der Waals surface area contributed by atoms with E-state index in [1.54, 1.807) is 0 Å². The maximum absolute atomic E-state index is 6.43. The second-order valence-corrected chi connectivity index (χ2v) is 5.09. The smallest absolute Gasteiger partial charge is 0.105 e. The normalized spacial score (nSPS) is 19.8. The highest BCUT2D eigenvalue weighted by molar-refractivity contribution is 5.34. The van der Waals surface area contributed by atoms with E-state index in [4.69, 9.17) is 10.2 Å². The van der Waals surface area contributed by atoms with E-state index in [-0.39, 0.29) is 6.04 Å². The number of fused-ring (bicyclic) bond motifs is 1. The third kappa shape index (κ3) is 1.75. The van der Waals surface area contributed by atoms with Gasteiger partial charge in [-0.2, -0.15) is 0 Å². The molecule has 0 bridgehead atoms. The second kappa shape index (κ2) is 4.25. The highest BCUT2D eigenvalue weighted by Crippen LogP contribution is 2.40. The Morgan fingerprint density at radius 2 is 2.28 bits per heavy atom. The summed E-state index contributed by atoms with van der Waals surface area (Å²) in [4.78, 5) is 4.51. The number of nitrogens with zero attached hydrogens (tertiary/aromatic N) is 1. The molecule has 0 amide bonds. The maximum Gasteiger partial charge on any atom is 0.105 e. The average molecular weight is 242 g/mol. The summed E-state index contributed by atoms with van der Waals surface area (Å²) in [6.45, 7) is 3.94. The molecule has 3 heteroatoms. The maximum atomic E-state index is 6.43. The van der Waals surface area contributed by atoms with Crippen LogP contribution in [0, 0.1) is 13.8 Å². The Morgan fingerprint density at radius 1 is 1.44 bits per heavy atom. The average Bonchev–Trinajstić information content (AvgIpc) is 2.92. The van der Waals surface area contributed by atoms with Crippen LogP contribution >= 0.6 is 0 Å². The molecular formula is C15H18N2O. The fourth-order valence-electron chi connectivity index (χ4n) is 2.99. The van der Waals surface area contributed by atoms with Crippen molar-refractivity contribution >= 4 is 0 Å². The molecule has 3 rings (SSSR count). The molecule has 3 nitrogen and oxygen atoms in total. The van der Waals surface area contributed by atoms with E-state index in [2.05, 4.69) is 17.1 Å². The molecule has 0 aliphatic heterocycles. The summed E-state index contributed by atoms with van der Waals surface area (Å²) < 4.78 is 5.58. The van der Waals surface area contributed by atoms with Gasteiger partial charge in [0.25, 0.3) is 0 Å². The van der Waals surface area contributed by atoms with Gasteiger partial charge in [0.05, 0.1) is 0 Å². The lowest BCUT2D eigenvalue weighted by molar-refractivity contribution is 0.484. The SMILES string of the molecule is Cc1cc(C(N)C2CCc3cccnc32)c(C)o1. The van der Waals surface area contributed by atoms with E-state index >= 15 is 0 Å². The first-order chi connectivity index (χ1) is 8.66. The number of hydrogen-bond donors (Lipinski definition) is 1. The minimum absolute atomic E-state index is 0.0152. The molecule has 2 atom stereocenters. The van der Waals surface area contributed by atoms with E-state index in [0.29, 0.717) is 5.92 Å². The minimum atomic E-state index is -0.0152. The first kappa shape index (κ1) is 11.5. The van der Waals surface area contributed by atoms with Crippen molar-refractivity contribution in [1.29, 1.82) is 0 Å². The van der Waals surface area contributed by atoms with E-state index < -0.39 is 0 Å². The summed E-state index contributed by atoms with van der Waals surface area (Å²) in [5, 5.41) is 0. The number of aryl methyl sites for hydroxylation is 3. The van der Waals surface area contributed by atoms with Crippen LogP contribution in [0.3, 0.4) is 0 Å². The monoisotopic (exact) mass is 242 g/mol. The summed E-state index contributed by atoms with van der Waals surface area (Å²) >= 11 is 0. The van der Waals surface area contributed by atoms with Crippen molar-refractivity contribution < 1.29 is 4.42 Å². The van der Waals surface area contributed by atoms with Gasteiger partial charge in [0.1, 0.15) is 11.5 Å². The number of pyridine rings is 1. The van der Waals surface area contributed by atoms with Crippen LogP contribution in [0.25, 0.3) is 0 Å². The first-order valence-corrected chi connectivity index (χ1v) is 6.43. The Labute approximate surface area is 107 Å². The van der Waals surface area contributed by atoms with E-state index in [1.807, 2.05) is 26.1 Å². The van der Waals surface area contributed by atoms with Crippen LogP contribution in [0.2, 0.25) is 0 Å². The molecule has 1 aliphatic rings. The number of furan rings is 1. The van der Waals surface area contributed by atoms with E-state index in [9.17, 15) is 0 Å². The predicted octanol–water partition coefficient (Wildman–Crippen LogP) is 3.02. The summed E-state index contributed by atoms with van der Waals surface area (Å²) in [7, 11) is 0. The zero-order valence-corrected chi connectivity index (χ0v) is 10.8. The molecule has 0 radical (unpaired) electrons. The van der Waals surface area contributed by atoms with Crippen LogP contribution in [0.4, 0.5) is 0 Å². The van der Waals surface area contributed by atoms with Gasteiger partial charge >= 0.3 is 0 Å². The van der Waals surface area contributed by atoms with Gasteiger partial charge in [0, 0.05) is 29.4 Å². The van der Waals surface area contributed by atoms with Crippen molar-refractivity contribution in [3.05, 3.63) is 52.7 Å². The highest BCUT2D eigenvalue weighted by Gasteiger charge is 2.31. The van der Waals surface area contributed by atoms with Crippen molar-refractivity contribution in [3.8, 4) is 0 Å². The summed E-state index contributed by atoms with van der Waals surface area (Å²) in [6.07, 6.45) is 4.02. The van der Waals surface area contributed by atoms with Crippen LogP contribution in [-0.2, 0) is 6.42 Å². The van der Waals surface area contributed by atoms with Gasteiger partial charge in [-0.25, -0.2) is 0 Å². The van der Waals surface area contributed by atoms with Gasteiger partial charge in [-0.05, 0) is 44.4 Å². The molecule has 0 fully saturated rings. The van der Waals surface area contributed by atoms with Gasteiger partial charge in [0.2, 0.25) is 0 Å². The fraction of sp³-hybridized carbons (Fsp3) is 0.400. The zero-order chi connectivity index (χ0) is 12.7. The Bertz CT molecular complexity index is 574. The lowest BCUT2D eigenvalue weighted by Gasteiger charge is -2.18. The van der Waals surface area contributed by atoms with Crippen LogP contribution in [0.1, 0.15) is 46.7 Å². The topological polar surface area (TPSA) is 52.0 Å².